The van der Waals surface area contributed by atoms with Crippen LogP contribution in [0.3, 0.4) is 0 Å². The Balaban J connectivity index is 1.54. The van der Waals surface area contributed by atoms with E-state index in [-0.39, 0.29) is 29.3 Å². The average molecular weight is 527 g/mol. The van der Waals surface area contributed by atoms with Crippen LogP contribution in [0.5, 0.6) is 0 Å². The van der Waals surface area contributed by atoms with Gasteiger partial charge in [0.2, 0.25) is 0 Å². The van der Waals surface area contributed by atoms with Crippen LogP contribution in [0, 0.1) is 17.1 Å². The van der Waals surface area contributed by atoms with E-state index in [1.165, 1.54) is 6.20 Å². The summed E-state index contributed by atoms with van der Waals surface area (Å²) in [5.41, 5.74) is 0.559. The number of pyridine rings is 2. The van der Waals surface area contributed by atoms with E-state index in [1.54, 1.807) is 50.1 Å². The molecule has 1 amide bonds. The summed E-state index contributed by atoms with van der Waals surface area (Å²) in [5.74, 6) is -0.523. The number of alkyl carbamates (subject to hydrolysis) is 1. The lowest BCUT2D eigenvalue weighted by Crippen LogP contribution is -2.50. The second-order valence-electron chi connectivity index (χ2n) is 9.77. The molecular formula is C25H28ClFN8O2. The summed E-state index contributed by atoms with van der Waals surface area (Å²) in [7, 11) is 0. The molecule has 0 aromatic carbocycles. The Morgan fingerprint density at radius 1 is 1.19 bits per heavy atom. The number of nitriles is 1. The lowest BCUT2D eigenvalue weighted by atomic mass is 9.90. The van der Waals surface area contributed by atoms with Gasteiger partial charge in [0.05, 0.1) is 46.6 Å². The highest BCUT2D eigenvalue weighted by Crippen LogP contribution is 2.28. The van der Waals surface area contributed by atoms with E-state index in [4.69, 9.17) is 16.3 Å². The molecule has 194 valence electrons. The molecular weight excluding hydrogens is 499 g/mol. The van der Waals surface area contributed by atoms with Crippen molar-refractivity contribution in [1.82, 2.24) is 25.1 Å². The van der Waals surface area contributed by atoms with Gasteiger partial charge in [-0.05, 0) is 45.7 Å². The van der Waals surface area contributed by atoms with E-state index in [9.17, 15) is 14.4 Å². The predicted octanol–water partition coefficient (Wildman–Crippen LogP) is 5.32. The van der Waals surface area contributed by atoms with Gasteiger partial charge in [0.1, 0.15) is 11.7 Å². The highest BCUT2D eigenvalue weighted by molar-refractivity contribution is 6.30. The summed E-state index contributed by atoms with van der Waals surface area (Å²) in [5, 5.41) is 23.3. The van der Waals surface area contributed by atoms with Crippen molar-refractivity contribution in [3.05, 3.63) is 53.3 Å². The molecule has 3 N–H and O–H groups in total. The minimum Gasteiger partial charge on any atom is -0.444 e. The van der Waals surface area contributed by atoms with Crippen molar-refractivity contribution in [1.29, 1.82) is 5.26 Å². The zero-order valence-electron chi connectivity index (χ0n) is 20.8. The van der Waals surface area contributed by atoms with Crippen LogP contribution in [0.2, 0.25) is 5.02 Å². The molecule has 0 spiro atoms. The molecule has 0 saturated heterocycles. The Morgan fingerprint density at radius 2 is 1.95 bits per heavy atom. The number of nitrogens with one attached hydrogen (secondary N) is 3. The Morgan fingerprint density at radius 3 is 2.62 bits per heavy atom. The van der Waals surface area contributed by atoms with E-state index >= 15 is 0 Å². The zero-order chi connectivity index (χ0) is 26.6. The topological polar surface area (TPSA) is 130 Å². The van der Waals surface area contributed by atoms with Gasteiger partial charge in [-0.1, -0.05) is 24.4 Å². The normalized spacial score (nSPS) is 17.5. The van der Waals surface area contributed by atoms with Gasteiger partial charge in [-0.3, -0.25) is 4.98 Å². The first-order chi connectivity index (χ1) is 17.6. The summed E-state index contributed by atoms with van der Waals surface area (Å²) in [6.45, 7) is 5.38. The fourth-order valence-electron chi connectivity index (χ4n) is 4.08. The SMILES string of the molecule is CC(C)(C)OC(=O)N[C@H]1CCCC[C@H]1Nc1nc(Nc2cncc(-n3cc(Cl)cn3)c2)c(C#N)cc1F. The highest BCUT2D eigenvalue weighted by Gasteiger charge is 2.29. The van der Waals surface area contributed by atoms with E-state index < -0.39 is 17.5 Å². The quantitative estimate of drug-likeness (QED) is 0.393. The fourth-order valence-corrected chi connectivity index (χ4v) is 4.22. The third kappa shape index (κ3) is 6.86. The number of halogens is 2. The Labute approximate surface area is 219 Å². The number of aromatic nitrogens is 4. The standard InChI is InChI=1S/C25H28ClFN8O2/c1-25(2,3)37-24(36)33-21-7-5-4-6-20(21)32-23-19(27)8-15(10-28)22(34-23)31-17-9-18(13-29-12-17)35-14-16(26)11-30-35/h8-9,11-14,20-21H,4-7H2,1-3H3,(H,33,36)(H2,31,32,34)/t20-,21+/m1/s1. The van der Waals surface area contributed by atoms with Crippen molar-refractivity contribution in [2.75, 3.05) is 10.6 Å². The zero-order valence-corrected chi connectivity index (χ0v) is 21.5. The van der Waals surface area contributed by atoms with Crippen LogP contribution in [-0.2, 0) is 4.74 Å². The maximum atomic E-state index is 15.0. The van der Waals surface area contributed by atoms with Gasteiger partial charge in [-0.15, -0.1) is 0 Å². The molecule has 3 heterocycles. The number of anilines is 3. The molecule has 12 heteroatoms. The molecule has 0 bridgehead atoms. The van der Waals surface area contributed by atoms with Gasteiger partial charge in [0.15, 0.2) is 17.5 Å². The van der Waals surface area contributed by atoms with E-state index in [0.29, 0.717) is 22.8 Å². The largest absolute Gasteiger partial charge is 0.444 e. The fraction of sp³-hybridized carbons (Fsp3) is 0.400. The molecule has 0 radical (unpaired) electrons. The number of rotatable bonds is 6. The number of carbonyl (C=O) groups excluding carboxylic acids is 1. The first-order valence-electron chi connectivity index (χ1n) is 11.9. The molecule has 4 rings (SSSR count). The van der Waals surface area contributed by atoms with E-state index in [2.05, 4.69) is 31.0 Å². The molecule has 0 unspecified atom stereocenters. The van der Waals surface area contributed by atoms with Gasteiger partial charge in [-0.2, -0.15) is 10.4 Å². The molecule has 10 nitrogen and oxygen atoms in total. The Bertz CT molecular complexity index is 1320. The molecule has 37 heavy (non-hydrogen) atoms. The Kier molecular flexibility index (Phi) is 7.78. The number of hydrogen-bond donors (Lipinski definition) is 3. The molecule has 1 saturated carbocycles. The number of nitrogens with zero attached hydrogens (tertiary/aromatic N) is 5. The van der Waals surface area contributed by atoms with Crippen LogP contribution >= 0.6 is 11.6 Å². The Hall–Kier alpha value is -3.91. The van der Waals surface area contributed by atoms with Gasteiger partial charge in [0.25, 0.3) is 0 Å². The maximum absolute atomic E-state index is 15.0. The minimum atomic E-state index is -0.665. The number of carbonyl (C=O) groups is 1. The van der Waals surface area contributed by atoms with Gasteiger partial charge in [-0.25, -0.2) is 18.9 Å². The molecule has 1 fully saturated rings. The van der Waals surface area contributed by atoms with Crippen molar-refractivity contribution in [3.8, 4) is 11.8 Å². The average Bonchev–Trinajstić information content (AvgIpc) is 3.27. The number of ether oxygens (including phenoxy) is 1. The first kappa shape index (κ1) is 26.2. The van der Waals surface area contributed by atoms with Crippen molar-refractivity contribution in [2.24, 2.45) is 0 Å². The smallest absolute Gasteiger partial charge is 0.407 e. The summed E-state index contributed by atoms with van der Waals surface area (Å²) in [4.78, 5) is 20.9. The third-order valence-electron chi connectivity index (χ3n) is 5.69. The molecule has 3 aromatic heterocycles. The second-order valence-corrected chi connectivity index (χ2v) is 10.2. The van der Waals surface area contributed by atoms with Crippen molar-refractivity contribution < 1.29 is 13.9 Å². The molecule has 0 aliphatic heterocycles. The predicted molar refractivity (Wildman–Crippen MR) is 138 cm³/mol. The maximum Gasteiger partial charge on any atom is 0.407 e. The number of amides is 1. The lowest BCUT2D eigenvalue weighted by Gasteiger charge is -2.33. The van der Waals surface area contributed by atoms with Gasteiger partial charge >= 0.3 is 6.09 Å². The van der Waals surface area contributed by atoms with Gasteiger partial charge < -0.3 is 20.7 Å². The van der Waals surface area contributed by atoms with Gasteiger partial charge in [0, 0.05) is 12.2 Å². The molecule has 1 aliphatic carbocycles. The van der Waals surface area contributed by atoms with Crippen LogP contribution in [0.1, 0.15) is 52.0 Å². The van der Waals surface area contributed by atoms with Crippen LogP contribution in [0.25, 0.3) is 5.69 Å². The van der Waals surface area contributed by atoms with Crippen molar-refractivity contribution in [2.45, 2.75) is 64.1 Å². The minimum absolute atomic E-state index is 0.0210. The van der Waals surface area contributed by atoms with Crippen LogP contribution in [0.4, 0.5) is 26.5 Å². The first-order valence-corrected chi connectivity index (χ1v) is 12.3. The summed E-state index contributed by atoms with van der Waals surface area (Å²) < 4.78 is 21.9. The van der Waals surface area contributed by atoms with Crippen LogP contribution < -0.4 is 16.0 Å². The second kappa shape index (κ2) is 11.0. The van der Waals surface area contributed by atoms with E-state index in [1.807, 2.05) is 6.07 Å². The monoisotopic (exact) mass is 526 g/mol. The lowest BCUT2D eigenvalue weighted by molar-refractivity contribution is 0.0488. The van der Waals surface area contributed by atoms with Crippen molar-refractivity contribution >= 4 is 35.0 Å². The van der Waals surface area contributed by atoms with Crippen LogP contribution in [0.15, 0.2) is 36.9 Å². The number of hydrogen-bond acceptors (Lipinski definition) is 8. The molecule has 3 aromatic rings. The summed E-state index contributed by atoms with van der Waals surface area (Å²) in [6.07, 6.45) is 9.05. The third-order valence-corrected chi connectivity index (χ3v) is 5.88. The molecule has 2 atom stereocenters. The summed E-state index contributed by atoms with van der Waals surface area (Å²) >= 11 is 5.96. The summed E-state index contributed by atoms with van der Waals surface area (Å²) in [6, 6.07) is 4.32. The highest BCUT2D eigenvalue weighted by atomic mass is 35.5. The molecule has 1 aliphatic rings. The van der Waals surface area contributed by atoms with E-state index in [0.717, 1.165) is 25.3 Å². The van der Waals surface area contributed by atoms with Crippen molar-refractivity contribution in [3.63, 3.8) is 0 Å². The van der Waals surface area contributed by atoms with Crippen LogP contribution in [-0.4, -0.2) is 43.5 Å².